The van der Waals surface area contributed by atoms with E-state index in [1.165, 1.54) is 31.4 Å². The van der Waals surface area contributed by atoms with Gasteiger partial charge in [0.2, 0.25) is 0 Å². The molecule has 4 heteroatoms. The number of anilines is 1. The van der Waals surface area contributed by atoms with Crippen LogP contribution in [0.1, 0.15) is 32.1 Å². The summed E-state index contributed by atoms with van der Waals surface area (Å²) in [6.45, 7) is 0.846. The van der Waals surface area contributed by atoms with E-state index in [1.54, 1.807) is 17.8 Å². The molecule has 1 unspecified atom stereocenters. The molecule has 1 spiro atoms. The summed E-state index contributed by atoms with van der Waals surface area (Å²) in [5, 5.41) is 0.548. The van der Waals surface area contributed by atoms with Crippen molar-refractivity contribution >= 4 is 17.4 Å². The van der Waals surface area contributed by atoms with E-state index in [4.69, 9.17) is 10.5 Å². The summed E-state index contributed by atoms with van der Waals surface area (Å²) in [7, 11) is 0. The first-order valence-electron chi connectivity index (χ1n) is 6.53. The van der Waals surface area contributed by atoms with Crippen LogP contribution in [0.15, 0.2) is 23.1 Å². The van der Waals surface area contributed by atoms with Crippen LogP contribution in [-0.4, -0.2) is 17.5 Å². The van der Waals surface area contributed by atoms with Crippen molar-refractivity contribution in [2.24, 2.45) is 0 Å². The minimum absolute atomic E-state index is 0.157. The van der Waals surface area contributed by atoms with Gasteiger partial charge in [0.05, 0.1) is 5.60 Å². The molecule has 1 saturated heterocycles. The Kier molecular flexibility index (Phi) is 3.24. The molecule has 0 bridgehead atoms. The lowest BCUT2D eigenvalue weighted by atomic mass is 9.75. The van der Waals surface area contributed by atoms with Crippen molar-refractivity contribution in [1.82, 2.24) is 0 Å². The SMILES string of the molecule is Nc1cc(F)ccc1SC1CCOC2(CCC2)C1. The molecule has 1 atom stereocenters. The molecule has 18 heavy (non-hydrogen) atoms. The Morgan fingerprint density at radius 2 is 2.22 bits per heavy atom. The zero-order chi connectivity index (χ0) is 12.6. The van der Waals surface area contributed by atoms with Gasteiger partial charge in [-0.1, -0.05) is 0 Å². The van der Waals surface area contributed by atoms with Gasteiger partial charge in [0.15, 0.2) is 0 Å². The summed E-state index contributed by atoms with van der Waals surface area (Å²) >= 11 is 1.78. The first-order chi connectivity index (χ1) is 8.67. The third-order valence-corrected chi connectivity index (χ3v) is 5.34. The van der Waals surface area contributed by atoms with Gasteiger partial charge in [0.1, 0.15) is 5.82 Å². The number of rotatable bonds is 2. The van der Waals surface area contributed by atoms with Gasteiger partial charge >= 0.3 is 0 Å². The van der Waals surface area contributed by atoms with Crippen LogP contribution in [0.4, 0.5) is 10.1 Å². The van der Waals surface area contributed by atoms with Gasteiger partial charge in [0.25, 0.3) is 0 Å². The average molecular weight is 267 g/mol. The highest BCUT2D eigenvalue weighted by Crippen LogP contribution is 2.46. The van der Waals surface area contributed by atoms with E-state index in [2.05, 4.69) is 0 Å². The molecule has 2 fully saturated rings. The van der Waals surface area contributed by atoms with Crippen LogP contribution in [0.2, 0.25) is 0 Å². The van der Waals surface area contributed by atoms with Gasteiger partial charge in [0, 0.05) is 22.4 Å². The molecular weight excluding hydrogens is 249 g/mol. The van der Waals surface area contributed by atoms with Crippen LogP contribution < -0.4 is 5.73 Å². The molecule has 0 radical (unpaired) electrons. The topological polar surface area (TPSA) is 35.2 Å². The van der Waals surface area contributed by atoms with Gasteiger partial charge in [-0.15, -0.1) is 11.8 Å². The second-order valence-corrected chi connectivity index (χ2v) is 6.64. The molecular formula is C14H18FNOS. The van der Waals surface area contributed by atoms with Crippen molar-refractivity contribution in [3.63, 3.8) is 0 Å². The van der Waals surface area contributed by atoms with Gasteiger partial charge in [-0.3, -0.25) is 0 Å². The molecule has 1 heterocycles. The number of hydrogen-bond donors (Lipinski definition) is 1. The Labute approximate surface area is 111 Å². The van der Waals surface area contributed by atoms with Crippen molar-refractivity contribution in [2.75, 3.05) is 12.3 Å². The van der Waals surface area contributed by atoms with Crippen molar-refractivity contribution < 1.29 is 9.13 Å². The Hall–Kier alpha value is -0.740. The number of nitrogen functional groups attached to an aromatic ring is 1. The Morgan fingerprint density at radius 3 is 2.89 bits per heavy atom. The molecule has 1 aliphatic carbocycles. The first kappa shape index (κ1) is 12.3. The number of thioether (sulfide) groups is 1. The Bertz CT molecular complexity index is 447. The van der Waals surface area contributed by atoms with E-state index in [9.17, 15) is 4.39 Å². The van der Waals surface area contributed by atoms with Crippen LogP contribution in [0.3, 0.4) is 0 Å². The van der Waals surface area contributed by atoms with Crippen molar-refractivity contribution in [3.05, 3.63) is 24.0 Å². The van der Waals surface area contributed by atoms with E-state index in [0.717, 1.165) is 24.3 Å². The van der Waals surface area contributed by atoms with E-state index < -0.39 is 0 Å². The maximum atomic E-state index is 13.0. The van der Waals surface area contributed by atoms with Gasteiger partial charge in [-0.25, -0.2) is 4.39 Å². The average Bonchev–Trinajstić information content (AvgIpc) is 2.31. The van der Waals surface area contributed by atoms with Crippen LogP contribution in [0, 0.1) is 5.82 Å². The Balaban J connectivity index is 1.68. The third-order valence-electron chi connectivity index (χ3n) is 3.98. The lowest BCUT2D eigenvalue weighted by molar-refractivity contribution is -0.125. The maximum absolute atomic E-state index is 13.0. The monoisotopic (exact) mass is 267 g/mol. The zero-order valence-corrected chi connectivity index (χ0v) is 11.1. The minimum atomic E-state index is -0.265. The second-order valence-electron chi connectivity index (χ2n) is 5.30. The van der Waals surface area contributed by atoms with Crippen LogP contribution in [0.5, 0.6) is 0 Å². The number of hydrogen-bond acceptors (Lipinski definition) is 3. The molecule has 2 N–H and O–H groups in total. The number of benzene rings is 1. The van der Waals surface area contributed by atoms with Crippen LogP contribution in [-0.2, 0) is 4.74 Å². The van der Waals surface area contributed by atoms with Crippen molar-refractivity contribution in [1.29, 1.82) is 0 Å². The highest BCUT2D eigenvalue weighted by molar-refractivity contribution is 8.00. The fraction of sp³-hybridized carbons (Fsp3) is 0.571. The fourth-order valence-corrected chi connectivity index (χ4v) is 4.11. The van der Waals surface area contributed by atoms with Crippen molar-refractivity contribution in [2.45, 2.75) is 47.9 Å². The summed E-state index contributed by atoms with van der Waals surface area (Å²) < 4.78 is 18.9. The second kappa shape index (κ2) is 4.74. The maximum Gasteiger partial charge on any atom is 0.125 e. The third kappa shape index (κ3) is 2.36. The summed E-state index contributed by atoms with van der Waals surface area (Å²) in [4.78, 5) is 0.998. The first-order valence-corrected chi connectivity index (χ1v) is 7.41. The molecule has 3 rings (SSSR count). The normalized spacial score (nSPS) is 25.9. The molecule has 1 aliphatic heterocycles. The summed E-state index contributed by atoms with van der Waals surface area (Å²) in [5.41, 5.74) is 6.57. The molecule has 98 valence electrons. The molecule has 1 aromatic rings. The number of halogens is 1. The molecule has 0 amide bonds. The lowest BCUT2D eigenvalue weighted by Crippen LogP contribution is -2.46. The summed E-state index contributed by atoms with van der Waals surface area (Å²) in [6.07, 6.45) is 5.85. The number of nitrogens with two attached hydrogens (primary N) is 1. The standard InChI is InChI=1S/C14H18FNOS/c15-10-2-3-13(12(16)8-10)18-11-4-7-17-14(9-11)5-1-6-14/h2-3,8,11H,1,4-7,9,16H2. The fourth-order valence-electron chi connectivity index (χ4n) is 2.81. The smallest absolute Gasteiger partial charge is 0.125 e. The molecule has 1 saturated carbocycles. The largest absolute Gasteiger partial charge is 0.398 e. The molecule has 2 nitrogen and oxygen atoms in total. The quantitative estimate of drug-likeness (QED) is 0.831. The zero-order valence-electron chi connectivity index (χ0n) is 10.3. The lowest BCUT2D eigenvalue weighted by Gasteiger charge is -2.47. The highest BCUT2D eigenvalue weighted by atomic mass is 32.2. The van der Waals surface area contributed by atoms with Crippen LogP contribution >= 0.6 is 11.8 Å². The predicted octanol–water partition coefficient (Wildman–Crippen LogP) is 3.60. The summed E-state index contributed by atoms with van der Waals surface area (Å²) in [6, 6.07) is 4.68. The predicted molar refractivity (Wildman–Crippen MR) is 72.2 cm³/mol. The van der Waals surface area contributed by atoms with E-state index in [0.29, 0.717) is 10.9 Å². The van der Waals surface area contributed by atoms with E-state index in [-0.39, 0.29) is 11.4 Å². The van der Waals surface area contributed by atoms with Gasteiger partial charge < -0.3 is 10.5 Å². The molecule has 0 aromatic heterocycles. The van der Waals surface area contributed by atoms with E-state index >= 15 is 0 Å². The van der Waals surface area contributed by atoms with Crippen molar-refractivity contribution in [3.8, 4) is 0 Å². The highest BCUT2D eigenvalue weighted by Gasteiger charge is 2.42. The van der Waals surface area contributed by atoms with Crippen LogP contribution in [0.25, 0.3) is 0 Å². The molecule has 1 aromatic carbocycles. The minimum Gasteiger partial charge on any atom is -0.398 e. The van der Waals surface area contributed by atoms with Gasteiger partial charge in [-0.05, 0) is 50.3 Å². The molecule has 2 aliphatic rings. The van der Waals surface area contributed by atoms with E-state index in [1.807, 2.05) is 0 Å². The Morgan fingerprint density at radius 1 is 1.39 bits per heavy atom. The van der Waals surface area contributed by atoms with Gasteiger partial charge in [-0.2, -0.15) is 0 Å². The number of ether oxygens (including phenoxy) is 1. The summed E-state index contributed by atoms with van der Waals surface area (Å²) in [5.74, 6) is -0.265.